The van der Waals surface area contributed by atoms with Crippen molar-refractivity contribution in [3.8, 4) is 0 Å². The Morgan fingerprint density at radius 1 is 1.32 bits per heavy atom. The van der Waals surface area contributed by atoms with E-state index < -0.39 is 12.1 Å². The molecule has 0 aliphatic heterocycles. The Morgan fingerprint density at radius 2 is 1.89 bits per heavy atom. The first-order valence-electron chi connectivity index (χ1n) is 6.90. The maximum absolute atomic E-state index is 12.5. The predicted molar refractivity (Wildman–Crippen MR) is 67.4 cm³/mol. The van der Waals surface area contributed by atoms with Crippen LogP contribution in [0.5, 0.6) is 0 Å². The molecule has 1 aliphatic carbocycles. The summed E-state index contributed by atoms with van der Waals surface area (Å²) in [6.45, 7) is 2.46. The first-order chi connectivity index (χ1) is 8.80. The average Bonchev–Trinajstić information content (AvgIpc) is 2.33. The van der Waals surface area contributed by atoms with Gasteiger partial charge in [0.15, 0.2) is 0 Å². The highest BCUT2D eigenvalue weighted by Gasteiger charge is 2.42. The third-order valence-corrected chi connectivity index (χ3v) is 3.70. The number of nitrogens with two attached hydrogens (primary N) is 1. The molecule has 0 radical (unpaired) electrons. The molecule has 0 bridgehead atoms. The summed E-state index contributed by atoms with van der Waals surface area (Å²) >= 11 is 0. The van der Waals surface area contributed by atoms with E-state index in [0.29, 0.717) is 19.4 Å². The molecule has 1 saturated carbocycles. The van der Waals surface area contributed by atoms with Crippen LogP contribution in [0.25, 0.3) is 0 Å². The largest absolute Gasteiger partial charge is 0.391 e. The molecule has 0 aromatic rings. The Balaban J connectivity index is 2.22. The van der Waals surface area contributed by atoms with Gasteiger partial charge in [-0.15, -0.1) is 0 Å². The summed E-state index contributed by atoms with van der Waals surface area (Å²) in [6, 6.07) is 0.110. The Kier molecular flexibility index (Phi) is 6.10. The van der Waals surface area contributed by atoms with Crippen molar-refractivity contribution < 1.29 is 18.0 Å². The molecule has 6 heteroatoms. The molecule has 1 rings (SSSR count). The summed E-state index contributed by atoms with van der Waals surface area (Å²) in [4.78, 5) is 11.8. The Hall–Kier alpha value is -0.780. The first-order valence-corrected chi connectivity index (χ1v) is 6.90. The molecule has 3 N–H and O–H groups in total. The van der Waals surface area contributed by atoms with Crippen LogP contribution in [-0.2, 0) is 4.79 Å². The Bertz CT molecular complexity index is 284. The topological polar surface area (TPSA) is 55.1 Å². The van der Waals surface area contributed by atoms with Crippen molar-refractivity contribution in [2.24, 2.45) is 17.6 Å². The number of amides is 1. The number of hydrogen-bond donors (Lipinski definition) is 2. The van der Waals surface area contributed by atoms with Gasteiger partial charge in [0.05, 0.1) is 5.92 Å². The Morgan fingerprint density at radius 3 is 2.37 bits per heavy atom. The van der Waals surface area contributed by atoms with Crippen molar-refractivity contribution in [3.05, 3.63) is 0 Å². The van der Waals surface area contributed by atoms with Crippen molar-refractivity contribution >= 4 is 5.91 Å². The molecule has 0 saturated heterocycles. The van der Waals surface area contributed by atoms with E-state index in [9.17, 15) is 18.0 Å². The van der Waals surface area contributed by atoms with Crippen LogP contribution in [0.4, 0.5) is 13.2 Å². The second-order valence-corrected chi connectivity index (χ2v) is 5.50. The molecule has 0 spiro atoms. The summed E-state index contributed by atoms with van der Waals surface area (Å²) < 4.78 is 37.4. The summed E-state index contributed by atoms with van der Waals surface area (Å²) in [5, 5.41) is 2.79. The number of halogens is 3. The second kappa shape index (κ2) is 7.12. The van der Waals surface area contributed by atoms with E-state index in [1.54, 1.807) is 0 Å². The fourth-order valence-electron chi connectivity index (χ4n) is 2.46. The molecule has 0 heterocycles. The highest BCUT2D eigenvalue weighted by molar-refractivity contribution is 5.78. The first kappa shape index (κ1) is 16.3. The molecule has 112 valence electrons. The third kappa shape index (κ3) is 5.80. The maximum Gasteiger partial charge on any atom is 0.391 e. The van der Waals surface area contributed by atoms with Gasteiger partial charge in [-0.05, 0) is 45.4 Å². The normalized spacial score (nSPS) is 25.9. The molecule has 19 heavy (non-hydrogen) atoms. The lowest BCUT2D eigenvalue weighted by Gasteiger charge is -2.29. The quantitative estimate of drug-likeness (QED) is 0.761. The summed E-state index contributed by atoms with van der Waals surface area (Å²) in [6.07, 6.45) is -1.66. The van der Waals surface area contributed by atoms with Gasteiger partial charge in [0, 0.05) is 18.5 Å². The average molecular weight is 280 g/mol. The summed E-state index contributed by atoms with van der Waals surface area (Å²) in [7, 11) is 0. The zero-order valence-corrected chi connectivity index (χ0v) is 11.3. The minimum atomic E-state index is -4.11. The van der Waals surface area contributed by atoms with Crippen LogP contribution in [0.3, 0.4) is 0 Å². The molecule has 1 fully saturated rings. The number of alkyl halides is 3. The lowest BCUT2D eigenvalue weighted by Crippen LogP contribution is -2.36. The van der Waals surface area contributed by atoms with Crippen LogP contribution >= 0.6 is 0 Å². The number of rotatable bonds is 5. The zero-order chi connectivity index (χ0) is 14.5. The van der Waals surface area contributed by atoms with Gasteiger partial charge in [-0.1, -0.05) is 0 Å². The van der Waals surface area contributed by atoms with Crippen LogP contribution in [0.2, 0.25) is 0 Å². The Labute approximate surface area is 112 Å². The SMILES string of the molecule is CC(N)CCCNC(=O)C1CCC(C(F)(F)F)CC1. The van der Waals surface area contributed by atoms with Crippen molar-refractivity contribution in [2.75, 3.05) is 6.54 Å². The van der Waals surface area contributed by atoms with Gasteiger partial charge in [-0.3, -0.25) is 4.79 Å². The van der Waals surface area contributed by atoms with E-state index in [4.69, 9.17) is 5.73 Å². The van der Waals surface area contributed by atoms with Crippen LogP contribution in [0, 0.1) is 11.8 Å². The van der Waals surface area contributed by atoms with Crippen molar-refractivity contribution in [2.45, 2.75) is 57.7 Å². The molecular weight excluding hydrogens is 257 g/mol. The van der Waals surface area contributed by atoms with Crippen molar-refractivity contribution in [3.63, 3.8) is 0 Å². The number of carbonyl (C=O) groups excluding carboxylic acids is 1. The molecule has 1 unspecified atom stereocenters. The van der Waals surface area contributed by atoms with Crippen molar-refractivity contribution in [1.82, 2.24) is 5.32 Å². The molecule has 1 atom stereocenters. The molecular formula is C13H23F3N2O. The molecule has 0 aromatic heterocycles. The highest BCUT2D eigenvalue weighted by Crippen LogP contribution is 2.39. The van der Waals surface area contributed by atoms with E-state index >= 15 is 0 Å². The number of nitrogens with one attached hydrogen (secondary N) is 1. The summed E-state index contributed by atoms with van der Waals surface area (Å²) in [5.41, 5.74) is 5.59. The lowest BCUT2D eigenvalue weighted by molar-refractivity contribution is -0.184. The van der Waals surface area contributed by atoms with Crippen LogP contribution in [0.1, 0.15) is 45.4 Å². The van der Waals surface area contributed by atoms with Crippen LogP contribution in [-0.4, -0.2) is 24.7 Å². The minimum Gasteiger partial charge on any atom is -0.356 e. The fourth-order valence-corrected chi connectivity index (χ4v) is 2.46. The number of carbonyl (C=O) groups is 1. The van der Waals surface area contributed by atoms with Crippen LogP contribution < -0.4 is 11.1 Å². The van der Waals surface area contributed by atoms with E-state index in [-0.39, 0.29) is 30.7 Å². The van der Waals surface area contributed by atoms with Crippen LogP contribution in [0.15, 0.2) is 0 Å². The lowest BCUT2D eigenvalue weighted by atomic mass is 9.81. The smallest absolute Gasteiger partial charge is 0.356 e. The zero-order valence-electron chi connectivity index (χ0n) is 11.3. The minimum absolute atomic E-state index is 0.0709. The van der Waals surface area contributed by atoms with E-state index in [1.807, 2.05) is 6.92 Å². The fraction of sp³-hybridized carbons (Fsp3) is 0.923. The highest BCUT2D eigenvalue weighted by atomic mass is 19.4. The number of hydrogen-bond acceptors (Lipinski definition) is 2. The van der Waals surface area contributed by atoms with Gasteiger partial charge < -0.3 is 11.1 Å². The standard InChI is InChI=1S/C13H23F3N2O/c1-9(17)3-2-8-18-12(19)10-4-6-11(7-5-10)13(14,15)16/h9-11H,2-8,17H2,1H3,(H,18,19). The van der Waals surface area contributed by atoms with Gasteiger partial charge in [0.25, 0.3) is 0 Å². The molecule has 1 aliphatic rings. The monoisotopic (exact) mass is 280 g/mol. The molecule has 0 aromatic carbocycles. The third-order valence-electron chi connectivity index (χ3n) is 3.70. The van der Waals surface area contributed by atoms with E-state index in [2.05, 4.69) is 5.32 Å². The van der Waals surface area contributed by atoms with Gasteiger partial charge >= 0.3 is 6.18 Å². The van der Waals surface area contributed by atoms with Gasteiger partial charge in [-0.2, -0.15) is 13.2 Å². The predicted octanol–water partition coefficient (Wildman–Crippen LogP) is 2.60. The maximum atomic E-state index is 12.5. The van der Waals surface area contributed by atoms with Gasteiger partial charge in [0.2, 0.25) is 5.91 Å². The van der Waals surface area contributed by atoms with E-state index in [1.165, 1.54) is 0 Å². The summed E-state index contributed by atoms with van der Waals surface area (Å²) in [5.74, 6) is -1.59. The molecule has 3 nitrogen and oxygen atoms in total. The van der Waals surface area contributed by atoms with Gasteiger partial charge in [-0.25, -0.2) is 0 Å². The van der Waals surface area contributed by atoms with Gasteiger partial charge in [0.1, 0.15) is 0 Å². The molecule has 1 amide bonds. The second-order valence-electron chi connectivity index (χ2n) is 5.50. The van der Waals surface area contributed by atoms with E-state index in [0.717, 1.165) is 12.8 Å². The van der Waals surface area contributed by atoms with Crippen molar-refractivity contribution in [1.29, 1.82) is 0 Å².